The predicted molar refractivity (Wildman–Crippen MR) is 228 cm³/mol. The number of benzene rings is 2. The van der Waals surface area contributed by atoms with Crippen LogP contribution in [0.3, 0.4) is 0 Å². The van der Waals surface area contributed by atoms with Gasteiger partial charge in [0, 0.05) is 37.0 Å². The molecule has 0 unspecified atom stereocenters. The van der Waals surface area contributed by atoms with Gasteiger partial charge in [-0.2, -0.15) is 0 Å². The Kier molecular flexibility index (Phi) is 14.2. The van der Waals surface area contributed by atoms with Gasteiger partial charge in [-0.3, -0.25) is 19.2 Å². The topological polar surface area (TPSA) is 142 Å². The van der Waals surface area contributed by atoms with E-state index in [2.05, 4.69) is 53.9 Å². The summed E-state index contributed by atoms with van der Waals surface area (Å²) in [6.45, 7) is 20.0. The van der Waals surface area contributed by atoms with Crippen LogP contribution in [0, 0.1) is 23.2 Å². The Morgan fingerprint density at radius 1 is 0.947 bits per heavy atom. The van der Waals surface area contributed by atoms with Gasteiger partial charge < -0.3 is 30.9 Å². The van der Waals surface area contributed by atoms with Crippen LogP contribution in [0.15, 0.2) is 54.0 Å². The monoisotopic (exact) mass is 800 g/mol. The summed E-state index contributed by atoms with van der Waals surface area (Å²) in [5.74, 6) is -0.831. The molecule has 3 aromatic rings. The van der Waals surface area contributed by atoms with E-state index in [-0.39, 0.29) is 53.1 Å². The van der Waals surface area contributed by atoms with Gasteiger partial charge in [-0.05, 0) is 104 Å². The Hall–Kier alpha value is -4.29. The van der Waals surface area contributed by atoms with Crippen LogP contribution in [0.5, 0.6) is 0 Å². The molecule has 4 N–H and O–H groups in total. The summed E-state index contributed by atoms with van der Waals surface area (Å²) in [6.07, 6.45) is 5.01. The first-order valence-electron chi connectivity index (χ1n) is 20.5. The molecular weight excluding hydrogens is 737 g/mol. The quantitative estimate of drug-likeness (QED) is 0.103. The molecule has 2 aliphatic rings. The lowest BCUT2D eigenvalue weighted by molar-refractivity contribution is -0.144. The van der Waals surface area contributed by atoms with E-state index >= 15 is 0 Å². The van der Waals surface area contributed by atoms with Gasteiger partial charge in [0.25, 0.3) is 5.91 Å². The molecule has 1 aliphatic carbocycles. The smallest absolute Gasteiger partial charge is 0.251 e. The lowest BCUT2D eigenvalue weighted by Crippen LogP contribution is -2.63. The molecule has 1 saturated carbocycles. The largest absolute Gasteiger partial charge is 0.385 e. The van der Waals surface area contributed by atoms with Gasteiger partial charge in [0.2, 0.25) is 17.7 Å². The first kappa shape index (κ1) is 43.8. The molecule has 2 fully saturated rings. The molecule has 1 aliphatic heterocycles. The number of carbonyl (C=O) groups excluding carboxylic acids is 4. The van der Waals surface area contributed by atoms with Crippen molar-refractivity contribution in [3.63, 3.8) is 0 Å². The molecule has 57 heavy (non-hydrogen) atoms. The van der Waals surface area contributed by atoms with E-state index in [0.717, 1.165) is 59.6 Å². The minimum Gasteiger partial charge on any atom is -0.385 e. The second kappa shape index (κ2) is 18.5. The second-order valence-corrected chi connectivity index (χ2v) is 19.2. The maximum absolute atomic E-state index is 14.0. The van der Waals surface area contributed by atoms with Crippen molar-refractivity contribution in [2.75, 3.05) is 31.6 Å². The van der Waals surface area contributed by atoms with Crippen LogP contribution in [0.4, 0.5) is 5.69 Å². The Bertz CT molecular complexity index is 1830. The highest BCUT2D eigenvalue weighted by molar-refractivity contribution is 7.13. The number of hydrogen-bond donors (Lipinski definition) is 4. The SMILES string of the molecule is Cc1ncsc1-c1ccc([C@H](C)NC(=O)[C@@H]2CCCN2C(=O)[C@@H](NC(=O)COCCCCCNc2ccc(C(=O)NC3C(C)(C)CC3(C)C)cc2)C(C)(C)C)cc1. The van der Waals surface area contributed by atoms with Crippen LogP contribution in [-0.4, -0.2) is 77.9 Å². The van der Waals surface area contributed by atoms with E-state index in [1.165, 1.54) is 0 Å². The van der Waals surface area contributed by atoms with Crippen molar-refractivity contribution < 1.29 is 23.9 Å². The van der Waals surface area contributed by atoms with Crippen LogP contribution in [0.25, 0.3) is 10.4 Å². The van der Waals surface area contributed by atoms with Crippen molar-refractivity contribution in [1.29, 1.82) is 0 Å². The number of unbranched alkanes of at least 4 members (excludes halogenated alkanes) is 2. The van der Waals surface area contributed by atoms with Gasteiger partial charge in [0.05, 0.1) is 22.1 Å². The standard InChI is InChI=1S/C45H64N6O5S/c1-29(31-15-17-32(18-16-31)37-30(2)47-28-57-37)48-40(54)35-14-13-24-51(35)41(55)38(43(3,4)5)49-36(52)26-56-25-12-10-11-23-46-34-21-19-33(20-22-34)39(53)50-42-44(6,7)27-45(42,8)9/h15-22,28-29,35,38,42,46H,10-14,23-27H2,1-9H3,(H,48,54)(H,49,52)(H,50,53)/t29-,35-,38+/m0/s1. The van der Waals surface area contributed by atoms with Crippen molar-refractivity contribution in [3.8, 4) is 10.4 Å². The molecule has 2 heterocycles. The number of anilines is 1. The number of nitrogens with one attached hydrogen (secondary N) is 4. The first-order chi connectivity index (χ1) is 26.9. The molecule has 2 aromatic carbocycles. The molecule has 0 spiro atoms. The summed E-state index contributed by atoms with van der Waals surface area (Å²) in [6, 6.07) is 14.2. The normalized spacial score (nSPS) is 18.6. The van der Waals surface area contributed by atoms with Crippen LogP contribution < -0.4 is 21.3 Å². The van der Waals surface area contributed by atoms with E-state index in [0.29, 0.717) is 31.6 Å². The van der Waals surface area contributed by atoms with E-state index in [1.54, 1.807) is 16.2 Å². The molecule has 310 valence electrons. The molecule has 12 heteroatoms. The molecule has 3 atom stereocenters. The summed E-state index contributed by atoms with van der Waals surface area (Å²) in [5.41, 5.74) is 6.15. The number of ether oxygens (including phenoxy) is 1. The lowest BCUT2D eigenvalue weighted by Gasteiger charge is -2.57. The fourth-order valence-electron chi connectivity index (χ4n) is 8.77. The number of likely N-dealkylation sites (tertiary alicyclic amines) is 1. The molecule has 11 nitrogen and oxygen atoms in total. The Labute approximate surface area is 343 Å². The number of hydrogen-bond acceptors (Lipinski definition) is 8. The number of aromatic nitrogens is 1. The van der Waals surface area contributed by atoms with Crippen molar-refractivity contribution in [2.24, 2.45) is 16.2 Å². The van der Waals surface area contributed by atoms with E-state index in [9.17, 15) is 19.2 Å². The molecule has 0 radical (unpaired) electrons. The zero-order valence-electron chi connectivity index (χ0n) is 35.4. The highest BCUT2D eigenvalue weighted by Crippen LogP contribution is 2.53. The summed E-state index contributed by atoms with van der Waals surface area (Å²) < 4.78 is 5.70. The maximum atomic E-state index is 14.0. The number of amides is 4. The highest BCUT2D eigenvalue weighted by atomic mass is 32.1. The van der Waals surface area contributed by atoms with Gasteiger partial charge in [0.1, 0.15) is 18.7 Å². The molecular formula is C45H64N6O5S. The zero-order chi connectivity index (χ0) is 41.5. The Morgan fingerprint density at radius 2 is 1.63 bits per heavy atom. The number of rotatable bonds is 17. The van der Waals surface area contributed by atoms with Gasteiger partial charge in [-0.1, -0.05) is 72.7 Å². The second-order valence-electron chi connectivity index (χ2n) is 18.4. The van der Waals surface area contributed by atoms with E-state index in [1.807, 2.05) is 88.7 Å². The van der Waals surface area contributed by atoms with Crippen LogP contribution >= 0.6 is 11.3 Å². The summed E-state index contributed by atoms with van der Waals surface area (Å²) in [4.78, 5) is 60.5. The van der Waals surface area contributed by atoms with Gasteiger partial charge in [0.15, 0.2) is 0 Å². The average molecular weight is 801 g/mol. The highest BCUT2D eigenvalue weighted by Gasteiger charge is 2.53. The van der Waals surface area contributed by atoms with Gasteiger partial charge >= 0.3 is 0 Å². The molecule has 5 rings (SSSR count). The third-order valence-corrected chi connectivity index (χ3v) is 12.4. The number of nitrogens with zero attached hydrogens (tertiary/aromatic N) is 2. The maximum Gasteiger partial charge on any atom is 0.251 e. The average Bonchev–Trinajstić information content (AvgIpc) is 3.82. The molecule has 1 aromatic heterocycles. The summed E-state index contributed by atoms with van der Waals surface area (Å²) in [7, 11) is 0. The van der Waals surface area contributed by atoms with E-state index < -0.39 is 17.5 Å². The van der Waals surface area contributed by atoms with Crippen LogP contribution in [-0.2, 0) is 19.1 Å². The minimum absolute atomic E-state index is 0.0338. The van der Waals surface area contributed by atoms with Gasteiger partial charge in [-0.25, -0.2) is 4.98 Å². The Balaban J connectivity index is 0.998. The minimum atomic E-state index is -0.807. The lowest BCUT2D eigenvalue weighted by atomic mass is 9.52. The van der Waals surface area contributed by atoms with E-state index in [4.69, 9.17) is 4.74 Å². The number of carbonyl (C=O) groups is 4. The fourth-order valence-corrected chi connectivity index (χ4v) is 9.58. The van der Waals surface area contributed by atoms with Crippen LogP contribution in [0.2, 0.25) is 0 Å². The molecule has 0 bridgehead atoms. The zero-order valence-corrected chi connectivity index (χ0v) is 36.2. The van der Waals surface area contributed by atoms with Gasteiger partial charge in [-0.15, -0.1) is 11.3 Å². The van der Waals surface area contributed by atoms with Crippen LogP contribution in [0.1, 0.15) is 122 Å². The third-order valence-electron chi connectivity index (χ3n) is 11.5. The third kappa shape index (κ3) is 11.2. The van der Waals surface area contributed by atoms with Crippen molar-refractivity contribution in [3.05, 3.63) is 70.9 Å². The number of thiazole rings is 1. The molecule has 4 amide bonds. The summed E-state index contributed by atoms with van der Waals surface area (Å²) >= 11 is 1.60. The number of aryl methyl sites for hydroxylation is 1. The summed E-state index contributed by atoms with van der Waals surface area (Å²) in [5, 5.41) is 12.7. The molecule has 1 saturated heterocycles. The first-order valence-corrected chi connectivity index (χ1v) is 21.4. The fraction of sp³-hybridized carbons (Fsp3) is 0.578. The van der Waals surface area contributed by atoms with Crippen molar-refractivity contribution >= 4 is 40.7 Å². The Morgan fingerprint density at radius 3 is 2.25 bits per heavy atom. The predicted octanol–water partition coefficient (Wildman–Crippen LogP) is 7.67. The van der Waals surface area contributed by atoms with Crippen molar-refractivity contribution in [1.82, 2.24) is 25.8 Å². The van der Waals surface area contributed by atoms with Crippen molar-refractivity contribution in [2.45, 2.75) is 125 Å².